The molecule has 5 heteroatoms. The Kier molecular flexibility index (Phi) is 2.89. The molecule has 0 bridgehead atoms. The molecule has 3 rings (SSSR count). The van der Waals surface area contributed by atoms with Gasteiger partial charge in [0.15, 0.2) is 0 Å². The van der Waals surface area contributed by atoms with Crippen LogP contribution in [0.4, 0.5) is 0 Å². The average molecular weight is 270 g/mol. The Labute approximate surface area is 115 Å². The van der Waals surface area contributed by atoms with Crippen molar-refractivity contribution in [3.05, 3.63) is 58.0 Å². The first-order valence-electron chi connectivity index (χ1n) is 6.62. The monoisotopic (exact) mass is 270 g/mol. The number of aromatic nitrogens is 2. The van der Waals surface area contributed by atoms with Crippen molar-refractivity contribution < 1.29 is 9.59 Å². The molecule has 0 N–H and O–H groups in total. The minimum atomic E-state index is -0.902. The number of fused-ring (bicyclic) bond motifs is 1. The smallest absolute Gasteiger partial charge is 0.271 e. The number of rotatable bonds is 3. The zero-order chi connectivity index (χ0) is 14.3. The van der Waals surface area contributed by atoms with Gasteiger partial charge < -0.3 is 0 Å². The second-order valence-electron chi connectivity index (χ2n) is 4.87. The molecule has 0 aliphatic carbocycles. The van der Waals surface area contributed by atoms with Crippen molar-refractivity contribution in [2.45, 2.75) is 25.7 Å². The zero-order valence-electron chi connectivity index (χ0n) is 11.1. The Morgan fingerprint density at radius 1 is 1.00 bits per heavy atom. The van der Waals surface area contributed by atoms with Gasteiger partial charge >= 0.3 is 0 Å². The highest BCUT2D eigenvalue weighted by atomic mass is 16.2. The van der Waals surface area contributed by atoms with Gasteiger partial charge in [0.1, 0.15) is 5.92 Å². The summed E-state index contributed by atoms with van der Waals surface area (Å²) < 4.78 is 2.21. The minimum Gasteiger partial charge on any atom is -0.271 e. The van der Waals surface area contributed by atoms with Gasteiger partial charge in [0.05, 0.1) is 0 Å². The summed E-state index contributed by atoms with van der Waals surface area (Å²) in [5.41, 5.74) is 0.806. The Hall–Kier alpha value is -2.43. The molecule has 102 valence electrons. The fourth-order valence-corrected chi connectivity index (χ4v) is 2.65. The van der Waals surface area contributed by atoms with Crippen molar-refractivity contribution in [2.24, 2.45) is 0 Å². The highest BCUT2D eigenvalue weighted by molar-refractivity contribution is 6.12. The van der Waals surface area contributed by atoms with E-state index in [2.05, 4.69) is 0 Å². The van der Waals surface area contributed by atoms with E-state index in [4.69, 9.17) is 0 Å². The SMILES string of the molecule is CCCc1cc(=O)n2n1C(=O)C(c1ccccc1)C2=O. The van der Waals surface area contributed by atoms with Gasteiger partial charge in [-0.1, -0.05) is 43.7 Å². The third kappa shape index (κ3) is 1.66. The van der Waals surface area contributed by atoms with Crippen LogP contribution < -0.4 is 5.56 Å². The van der Waals surface area contributed by atoms with Gasteiger partial charge in [-0.3, -0.25) is 14.4 Å². The molecule has 1 unspecified atom stereocenters. The van der Waals surface area contributed by atoms with Crippen LogP contribution in [0, 0.1) is 0 Å². The van der Waals surface area contributed by atoms with E-state index in [0.29, 0.717) is 17.7 Å². The summed E-state index contributed by atoms with van der Waals surface area (Å²) in [5, 5.41) is 0. The van der Waals surface area contributed by atoms with Crippen LogP contribution in [0.3, 0.4) is 0 Å². The molecule has 1 aliphatic heterocycles. The maximum atomic E-state index is 12.5. The van der Waals surface area contributed by atoms with E-state index in [1.807, 2.05) is 13.0 Å². The van der Waals surface area contributed by atoms with Crippen molar-refractivity contribution >= 4 is 11.8 Å². The van der Waals surface area contributed by atoms with Gasteiger partial charge in [-0.2, -0.15) is 4.68 Å². The minimum absolute atomic E-state index is 0.341. The Morgan fingerprint density at radius 2 is 1.65 bits per heavy atom. The van der Waals surface area contributed by atoms with Crippen LogP contribution in [0.25, 0.3) is 0 Å². The summed E-state index contributed by atoms with van der Waals surface area (Å²) in [6, 6.07) is 10.2. The normalized spacial score (nSPS) is 17.6. The van der Waals surface area contributed by atoms with Gasteiger partial charge in [0.25, 0.3) is 17.4 Å². The quantitative estimate of drug-likeness (QED) is 0.797. The molecule has 1 aromatic carbocycles. The van der Waals surface area contributed by atoms with E-state index in [-0.39, 0.29) is 5.91 Å². The molecule has 0 fully saturated rings. The fraction of sp³-hybridized carbons (Fsp3) is 0.267. The number of aryl methyl sites for hydroxylation is 1. The zero-order valence-corrected chi connectivity index (χ0v) is 11.1. The summed E-state index contributed by atoms with van der Waals surface area (Å²) in [7, 11) is 0. The molecule has 0 radical (unpaired) electrons. The molecule has 0 spiro atoms. The number of benzene rings is 1. The number of carbonyl (C=O) groups excluding carboxylic acids is 2. The number of hydrogen-bond acceptors (Lipinski definition) is 3. The molecule has 2 aromatic rings. The lowest BCUT2D eigenvalue weighted by molar-refractivity contribution is 0.0847. The molecule has 2 heterocycles. The number of carbonyl (C=O) groups is 2. The Balaban J connectivity index is 2.14. The van der Waals surface area contributed by atoms with Gasteiger partial charge in [-0.05, 0) is 12.0 Å². The number of nitrogens with zero attached hydrogens (tertiary/aromatic N) is 2. The van der Waals surface area contributed by atoms with Crippen LogP contribution in [-0.2, 0) is 6.42 Å². The van der Waals surface area contributed by atoms with Crippen molar-refractivity contribution in [1.82, 2.24) is 9.36 Å². The maximum absolute atomic E-state index is 12.5. The van der Waals surface area contributed by atoms with Crippen molar-refractivity contribution in [1.29, 1.82) is 0 Å². The summed E-state index contributed by atoms with van der Waals surface area (Å²) in [6.45, 7) is 1.96. The Bertz CT molecular complexity index is 740. The van der Waals surface area contributed by atoms with Gasteiger partial charge in [0.2, 0.25) is 0 Å². The highest BCUT2D eigenvalue weighted by Crippen LogP contribution is 2.26. The molecule has 1 aliphatic rings. The predicted octanol–water partition coefficient (Wildman–Crippen LogP) is 1.68. The van der Waals surface area contributed by atoms with E-state index in [1.165, 1.54) is 10.7 Å². The summed E-state index contributed by atoms with van der Waals surface area (Å²) in [5.74, 6) is -1.71. The first-order valence-corrected chi connectivity index (χ1v) is 6.62. The molecule has 20 heavy (non-hydrogen) atoms. The summed E-state index contributed by atoms with van der Waals surface area (Å²) >= 11 is 0. The molecule has 0 saturated heterocycles. The molecule has 1 aromatic heterocycles. The summed E-state index contributed by atoms with van der Waals surface area (Å²) in [4.78, 5) is 36.8. The largest absolute Gasteiger partial charge is 0.274 e. The van der Waals surface area contributed by atoms with Crippen molar-refractivity contribution in [3.63, 3.8) is 0 Å². The van der Waals surface area contributed by atoms with E-state index in [0.717, 1.165) is 11.1 Å². The molecular formula is C15H14N2O3. The Morgan fingerprint density at radius 3 is 2.30 bits per heavy atom. The molecule has 1 atom stereocenters. The first-order chi connectivity index (χ1) is 9.65. The van der Waals surface area contributed by atoms with Gasteiger partial charge in [0, 0.05) is 11.8 Å². The second kappa shape index (κ2) is 4.59. The third-order valence-electron chi connectivity index (χ3n) is 3.52. The van der Waals surface area contributed by atoms with E-state index >= 15 is 0 Å². The molecule has 5 nitrogen and oxygen atoms in total. The third-order valence-corrected chi connectivity index (χ3v) is 3.52. The molecule has 0 amide bonds. The van der Waals surface area contributed by atoms with Crippen LogP contribution >= 0.6 is 0 Å². The van der Waals surface area contributed by atoms with Gasteiger partial charge in [-0.15, -0.1) is 0 Å². The van der Waals surface area contributed by atoms with Crippen LogP contribution in [0.5, 0.6) is 0 Å². The maximum Gasteiger partial charge on any atom is 0.274 e. The van der Waals surface area contributed by atoms with Crippen LogP contribution in [-0.4, -0.2) is 21.2 Å². The lowest BCUT2D eigenvalue weighted by atomic mass is 9.98. The topological polar surface area (TPSA) is 61.1 Å². The fourth-order valence-electron chi connectivity index (χ4n) is 2.65. The van der Waals surface area contributed by atoms with E-state index in [9.17, 15) is 14.4 Å². The second-order valence-corrected chi connectivity index (χ2v) is 4.87. The predicted molar refractivity (Wildman–Crippen MR) is 73.1 cm³/mol. The van der Waals surface area contributed by atoms with E-state index in [1.54, 1.807) is 24.3 Å². The lowest BCUT2D eigenvalue weighted by Gasteiger charge is -2.06. The van der Waals surface area contributed by atoms with Crippen molar-refractivity contribution in [3.8, 4) is 0 Å². The average Bonchev–Trinajstić information content (AvgIpc) is 2.89. The standard InChI is InChI=1S/C15H14N2O3/c1-2-6-11-9-12(18)17-15(20)13(14(19)16(11)17)10-7-4-3-5-8-10/h3-5,7-9,13H,2,6H2,1H3. The van der Waals surface area contributed by atoms with Gasteiger partial charge in [-0.25, -0.2) is 4.68 Å². The number of hydrogen-bond donors (Lipinski definition) is 0. The first kappa shape index (κ1) is 12.6. The van der Waals surface area contributed by atoms with Crippen molar-refractivity contribution in [2.75, 3.05) is 0 Å². The lowest BCUT2D eigenvalue weighted by Crippen LogP contribution is -2.24. The highest BCUT2D eigenvalue weighted by Gasteiger charge is 2.41. The summed E-state index contributed by atoms with van der Waals surface area (Å²) in [6.07, 6.45) is 1.41. The van der Waals surface area contributed by atoms with E-state index < -0.39 is 17.4 Å². The molecular weight excluding hydrogens is 256 g/mol. The van der Waals surface area contributed by atoms with Crippen LogP contribution in [0.2, 0.25) is 0 Å². The van der Waals surface area contributed by atoms with Crippen LogP contribution in [0.15, 0.2) is 41.2 Å². The van der Waals surface area contributed by atoms with Crippen LogP contribution in [0.1, 0.15) is 40.1 Å². The molecule has 0 saturated carbocycles.